The van der Waals surface area contributed by atoms with Crippen molar-refractivity contribution in [1.29, 1.82) is 0 Å². The summed E-state index contributed by atoms with van der Waals surface area (Å²) in [5.41, 5.74) is 11.7. The van der Waals surface area contributed by atoms with E-state index in [0.717, 1.165) is 103 Å². The molecule has 3 aromatic heterocycles. The van der Waals surface area contributed by atoms with E-state index in [1.54, 1.807) is 0 Å². The average molecular weight is 587 g/mol. The molecule has 10 nitrogen and oxygen atoms in total. The van der Waals surface area contributed by atoms with Gasteiger partial charge < -0.3 is 24.4 Å². The molecule has 44 heavy (non-hydrogen) atoms. The molecule has 4 aliphatic rings. The van der Waals surface area contributed by atoms with Crippen molar-refractivity contribution in [3.8, 4) is 16.9 Å². The number of carbonyl (C=O) groups is 1. The number of hydrogen-bond acceptors (Lipinski definition) is 7. The summed E-state index contributed by atoms with van der Waals surface area (Å²) < 4.78 is 9.01. The number of fused-ring (bicyclic) bond motifs is 10. The molecule has 5 aromatic rings. The lowest BCUT2D eigenvalue weighted by atomic mass is 9.83. The summed E-state index contributed by atoms with van der Waals surface area (Å²) in [5, 5.41) is 13.0. The smallest absolute Gasteiger partial charge is 0.252 e. The number of carbonyl (C=O) groups excluding carboxylic acids is 1. The van der Waals surface area contributed by atoms with Crippen LogP contribution in [0.25, 0.3) is 32.9 Å². The van der Waals surface area contributed by atoms with E-state index in [2.05, 4.69) is 65.0 Å². The first kappa shape index (κ1) is 25.6. The molecule has 2 fully saturated rings. The van der Waals surface area contributed by atoms with Gasteiger partial charge in [-0.15, -0.1) is 0 Å². The molecule has 2 aliphatic carbocycles. The monoisotopic (exact) mass is 586 g/mol. The number of aryl methyl sites for hydroxylation is 3. The summed E-state index contributed by atoms with van der Waals surface area (Å²) in [6, 6.07) is 8.37. The minimum atomic E-state index is 0.0108. The van der Waals surface area contributed by atoms with E-state index >= 15 is 0 Å². The lowest BCUT2D eigenvalue weighted by molar-refractivity contribution is 0.0966. The molecule has 5 heterocycles. The molecular formula is C34H34N8O2. The molecule has 1 saturated carbocycles. The van der Waals surface area contributed by atoms with Crippen molar-refractivity contribution >= 4 is 33.7 Å². The van der Waals surface area contributed by atoms with Gasteiger partial charge >= 0.3 is 0 Å². The van der Waals surface area contributed by atoms with Crippen LogP contribution in [0.2, 0.25) is 0 Å². The van der Waals surface area contributed by atoms with Crippen LogP contribution in [0.3, 0.4) is 0 Å². The van der Waals surface area contributed by atoms with Crippen LogP contribution in [-0.4, -0.2) is 68.3 Å². The highest BCUT2D eigenvalue weighted by atomic mass is 16.5. The Hall–Kier alpha value is -4.86. The zero-order chi connectivity index (χ0) is 29.4. The minimum Gasteiger partial charge on any atom is -0.487 e. The van der Waals surface area contributed by atoms with Gasteiger partial charge in [0, 0.05) is 84.8 Å². The van der Waals surface area contributed by atoms with Gasteiger partial charge in [0.05, 0.1) is 23.0 Å². The van der Waals surface area contributed by atoms with E-state index in [1.165, 1.54) is 33.3 Å². The van der Waals surface area contributed by atoms with Crippen molar-refractivity contribution in [1.82, 2.24) is 34.9 Å². The molecule has 0 radical (unpaired) electrons. The zero-order valence-electron chi connectivity index (χ0n) is 24.8. The summed E-state index contributed by atoms with van der Waals surface area (Å²) in [6.45, 7) is 7.80. The number of benzene rings is 2. The number of amides is 1. The maximum absolute atomic E-state index is 13.3. The topological polar surface area (TPSA) is 104 Å². The molecule has 0 unspecified atom stereocenters. The third kappa shape index (κ3) is 3.86. The third-order valence-corrected chi connectivity index (χ3v) is 9.84. The summed E-state index contributed by atoms with van der Waals surface area (Å²) in [6.07, 6.45) is 9.57. The number of hydrogen-bond donors (Lipinski definition) is 2. The normalized spacial score (nSPS) is 17.1. The van der Waals surface area contributed by atoms with Crippen LogP contribution in [0, 0.1) is 0 Å². The molecule has 1 saturated heterocycles. The van der Waals surface area contributed by atoms with E-state index in [1.807, 2.05) is 24.7 Å². The molecule has 222 valence electrons. The Morgan fingerprint density at radius 1 is 1.00 bits per heavy atom. The number of ether oxygens (including phenoxy) is 1. The molecule has 10 heteroatoms. The van der Waals surface area contributed by atoms with Gasteiger partial charge in [-0.3, -0.25) is 9.89 Å². The number of anilines is 1. The number of aromatic amines is 1. The number of H-pyrrole nitrogens is 1. The molecule has 1 amide bonds. The molecule has 2 aromatic carbocycles. The summed E-state index contributed by atoms with van der Waals surface area (Å²) in [7, 11) is 0. The first-order valence-electron chi connectivity index (χ1n) is 15.7. The number of nitrogens with one attached hydrogen (secondary N) is 2. The Kier molecular flexibility index (Phi) is 5.73. The Bertz CT molecular complexity index is 1990. The maximum atomic E-state index is 13.3. The molecule has 0 atom stereocenters. The lowest BCUT2D eigenvalue weighted by Gasteiger charge is -2.37. The van der Waals surface area contributed by atoms with Crippen molar-refractivity contribution in [3.63, 3.8) is 0 Å². The number of allylic oxidation sites excluding steroid dienone is 1. The van der Waals surface area contributed by atoms with E-state index < -0.39 is 0 Å². The van der Waals surface area contributed by atoms with Gasteiger partial charge in [-0.1, -0.05) is 0 Å². The quantitative estimate of drug-likeness (QED) is 0.300. The van der Waals surface area contributed by atoms with Crippen LogP contribution < -0.4 is 15.0 Å². The average Bonchev–Trinajstić information content (AvgIpc) is 3.51. The lowest BCUT2D eigenvalue weighted by Crippen LogP contribution is -2.47. The summed E-state index contributed by atoms with van der Waals surface area (Å²) in [4.78, 5) is 26.9. The van der Waals surface area contributed by atoms with E-state index in [0.29, 0.717) is 13.2 Å². The SMILES string of the molecule is CCn1c2ccc(OCC(=C3CC3)N3CCN(c4ncccn4)CC3)cc2c2c3c(c4c(c21)CCc1[nH]ncc1-4)C(=O)NC3. The van der Waals surface area contributed by atoms with Crippen molar-refractivity contribution in [2.45, 2.75) is 45.7 Å². The van der Waals surface area contributed by atoms with Crippen LogP contribution in [0.15, 0.2) is 54.1 Å². The first-order valence-corrected chi connectivity index (χ1v) is 15.7. The van der Waals surface area contributed by atoms with E-state index in [-0.39, 0.29) is 5.91 Å². The van der Waals surface area contributed by atoms with Crippen molar-refractivity contribution in [3.05, 3.63) is 76.5 Å². The van der Waals surface area contributed by atoms with Crippen molar-refractivity contribution in [2.75, 3.05) is 37.7 Å². The van der Waals surface area contributed by atoms with Gasteiger partial charge in [-0.25, -0.2) is 9.97 Å². The summed E-state index contributed by atoms with van der Waals surface area (Å²) in [5.74, 6) is 1.68. The Balaban J connectivity index is 1.06. The van der Waals surface area contributed by atoms with Gasteiger partial charge in [-0.2, -0.15) is 5.10 Å². The second-order valence-electron chi connectivity index (χ2n) is 12.2. The minimum absolute atomic E-state index is 0.0108. The Labute approximate surface area is 254 Å². The van der Waals surface area contributed by atoms with Crippen LogP contribution in [0.5, 0.6) is 5.75 Å². The molecular weight excluding hydrogens is 552 g/mol. The maximum Gasteiger partial charge on any atom is 0.252 e. The highest BCUT2D eigenvalue weighted by Crippen LogP contribution is 2.47. The Morgan fingerprint density at radius 3 is 2.64 bits per heavy atom. The third-order valence-electron chi connectivity index (χ3n) is 9.84. The largest absolute Gasteiger partial charge is 0.487 e. The number of aromatic nitrogens is 5. The van der Waals surface area contributed by atoms with Crippen LogP contribution in [0.1, 0.15) is 46.9 Å². The van der Waals surface area contributed by atoms with Gasteiger partial charge in [0.2, 0.25) is 5.95 Å². The zero-order valence-corrected chi connectivity index (χ0v) is 24.8. The summed E-state index contributed by atoms with van der Waals surface area (Å²) >= 11 is 0. The molecule has 0 bridgehead atoms. The van der Waals surface area contributed by atoms with Crippen molar-refractivity contribution < 1.29 is 9.53 Å². The molecule has 9 rings (SSSR count). The van der Waals surface area contributed by atoms with Crippen LogP contribution >= 0.6 is 0 Å². The molecule has 2 N–H and O–H groups in total. The highest BCUT2D eigenvalue weighted by Gasteiger charge is 2.35. The van der Waals surface area contributed by atoms with E-state index in [9.17, 15) is 4.79 Å². The van der Waals surface area contributed by atoms with Crippen molar-refractivity contribution in [2.24, 2.45) is 0 Å². The van der Waals surface area contributed by atoms with Gasteiger partial charge in [-0.05, 0) is 73.6 Å². The second kappa shape index (κ2) is 9.83. The fourth-order valence-corrected chi connectivity index (χ4v) is 7.66. The van der Waals surface area contributed by atoms with Gasteiger partial charge in [0.1, 0.15) is 12.4 Å². The fraction of sp³-hybridized carbons (Fsp3) is 0.353. The first-order chi connectivity index (χ1) is 21.7. The standard InChI is InChI=1S/C34H34N8O2/c1-2-42-27-9-6-21(44-19-28(20-4-5-20)40-12-14-41(15-13-40)34-35-10-3-11-36-34)16-23(27)30-25-17-37-33(43)31(25)29-22(32(30)42)7-8-26-24(29)18-38-39-26/h3,6,9-11,16,18H,2,4-5,7-8,12-15,17,19H2,1H3,(H,37,43)(H,38,39). The fourth-order valence-electron chi connectivity index (χ4n) is 7.66. The molecule has 0 spiro atoms. The number of piperazine rings is 1. The predicted molar refractivity (Wildman–Crippen MR) is 169 cm³/mol. The number of nitrogens with zero attached hydrogens (tertiary/aromatic N) is 6. The predicted octanol–water partition coefficient (Wildman–Crippen LogP) is 4.59. The Morgan fingerprint density at radius 2 is 1.84 bits per heavy atom. The second-order valence-corrected chi connectivity index (χ2v) is 12.2. The van der Waals surface area contributed by atoms with Gasteiger partial charge in [0.25, 0.3) is 5.91 Å². The molecule has 2 aliphatic heterocycles. The van der Waals surface area contributed by atoms with Crippen LogP contribution in [-0.2, 0) is 25.9 Å². The van der Waals surface area contributed by atoms with E-state index in [4.69, 9.17) is 4.74 Å². The van der Waals surface area contributed by atoms with Crippen LogP contribution in [0.4, 0.5) is 5.95 Å². The number of rotatable bonds is 6. The highest BCUT2D eigenvalue weighted by molar-refractivity contribution is 6.19. The van der Waals surface area contributed by atoms with Gasteiger partial charge in [0.15, 0.2) is 0 Å².